The second-order valence-electron chi connectivity index (χ2n) is 2.64. The predicted octanol–water partition coefficient (Wildman–Crippen LogP) is -0.909. The second-order valence-corrected chi connectivity index (χ2v) is 2.64. The molecule has 1 saturated carbocycles. The molecule has 0 aromatic rings. The number of carbonyl (C=O) groups is 1. The molecule has 11 heavy (non-hydrogen) atoms. The van der Waals surface area contributed by atoms with E-state index in [1.807, 2.05) is 0 Å². The van der Waals surface area contributed by atoms with E-state index in [4.69, 9.17) is 11.7 Å². The first-order chi connectivity index (χ1) is 5.27. The van der Waals surface area contributed by atoms with Gasteiger partial charge in [-0.2, -0.15) is 5.10 Å². The standard InChI is InChI=1S/C6H12N4O/c7-9-5-2-1-4(3-5)6(11)10-8/h4H,1-3,7-8H2,(H,10,11)/b9-5+/t4-/m1/s1. The van der Waals surface area contributed by atoms with Crippen LogP contribution in [-0.2, 0) is 4.79 Å². The van der Waals surface area contributed by atoms with Crippen molar-refractivity contribution in [2.24, 2.45) is 22.7 Å². The molecule has 0 bridgehead atoms. The average molecular weight is 156 g/mol. The Morgan fingerprint density at radius 1 is 1.73 bits per heavy atom. The Morgan fingerprint density at radius 3 is 2.91 bits per heavy atom. The summed E-state index contributed by atoms with van der Waals surface area (Å²) in [5.41, 5.74) is 3.02. The Bertz CT molecular complexity index is 189. The van der Waals surface area contributed by atoms with Gasteiger partial charge in [0.1, 0.15) is 0 Å². The first-order valence-electron chi connectivity index (χ1n) is 3.54. The van der Waals surface area contributed by atoms with Crippen molar-refractivity contribution in [3.05, 3.63) is 0 Å². The molecule has 1 atom stereocenters. The number of carbonyl (C=O) groups excluding carboxylic acids is 1. The Hall–Kier alpha value is -1.10. The lowest BCUT2D eigenvalue weighted by Crippen LogP contribution is -2.34. The minimum atomic E-state index is -0.122. The monoisotopic (exact) mass is 156 g/mol. The first-order valence-corrected chi connectivity index (χ1v) is 3.54. The SMILES string of the molecule is N/N=C1\CC[C@@H](C(=O)NN)C1. The highest BCUT2D eigenvalue weighted by molar-refractivity contribution is 5.92. The zero-order valence-corrected chi connectivity index (χ0v) is 6.21. The second kappa shape index (κ2) is 3.34. The third kappa shape index (κ3) is 1.68. The largest absolute Gasteiger partial charge is 0.323 e. The summed E-state index contributed by atoms with van der Waals surface area (Å²) in [6.07, 6.45) is 2.27. The summed E-state index contributed by atoms with van der Waals surface area (Å²) in [6.45, 7) is 0. The molecule has 1 amide bonds. The Morgan fingerprint density at radius 2 is 2.45 bits per heavy atom. The van der Waals surface area contributed by atoms with Crippen molar-refractivity contribution >= 4 is 11.6 Å². The van der Waals surface area contributed by atoms with E-state index in [-0.39, 0.29) is 11.8 Å². The number of nitrogens with zero attached hydrogens (tertiary/aromatic N) is 1. The summed E-state index contributed by atoms with van der Waals surface area (Å²) in [5, 5.41) is 3.55. The van der Waals surface area contributed by atoms with Gasteiger partial charge in [-0.3, -0.25) is 10.2 Å². The third-order valence-corrected chi connectivity index (χ3v) is 1.96. The lowest BCUT2D eigenvalue weighted by molar-refractivity contribution is -0.124. The van der Waals surface area contributed by atoms with Crippen LogP contribution in [0.3, 0.4) is 0 Å². The molecule has 0 saturated heterocycles. The van der Waals surface area contributed by atoms with Gasteiger partial charge in [0.15, 0.2) is 0 Å². The van der Waals surface area contributed by atoms with Gasteiger partial charge >= 0.3 is 0 Å². The maximum Gasteiger partial charge on any atom is 0.237 e. The lowest BCUT2D eigenvalue weighted by Gasteiger charge is -2.03. The van der Waals surface area contributed by atoms with E-state index in [2.05, 4.69) is 10.5 Å². The van der Waals surface area contributed by atoms with Crippen molar-refractivity contribution in [1.82, 2.24) is 5.43 Å². The van der Waals surface area contributed by atoms with E-state index in [1.165, 1.54) is 0 Å². The topological polar surface area (TPSA) is 93.5 Å². The van der Waals surface area contributed by atoms with Crippen molar-refractivity contribution in [3.63, 3.8) is 0 Å². The molecule has 0 heterocycles. The molecule has 0 unspecified atom stereocenters. The van der Waals surface area contributed by atoms with Crippen LogP contribution in [0.15, 0.2) is 5.10 Å². The fourth-order valence-electron chi connectivity index (χ4n) is 1.29. The maximum absolute atomic E-state index is 10.9. The van der Waals surface area contributed by atoms with Gasteiger partial charge in [-0.15, -0.1) is 0 Å². The Kier molecular flexibility index (Phi) is 2.43. The predicted molar refractivity (Wildman–Crippen MR) is 41.3 cm³/mol. The molecule has 1 aliphatic carbocycles. The van der Waals surface area contributed by atoms with E-state index < -0.39 is 0 Å². The maximum atomic E-state index is 10.9. The van der Waals surface area contributed by atoms with E-state index in [9.17, 15) is 4.79 Å². The highest BCUT2D eigenvalue weighted by atomic mass is 16.2. The zero-order chi connectivity index (χ0) is 8.27. The fourth-order valence-corrected chi connectivity index (χ4v) is 1.29. The van der Waals surface area contributed by atoms with E-state index in [1.54, 1.807) is 0 Å². The van der Waals surface area contributed by atoms with Gasteiger partial charge in [0.2, 0.25) is 5.91 Å². The van der Waals surface area contributed by atoms with Gasteiger partial charge in [-0.1, -0.05) is 0 Å². The first kappa shape index (κ1) is 8.00. The molecule has 5 N–H and O–H groups in total. The number of hydrazine groups is 1. The van der Waals surface area contributed by atoms with Crippen molar-refractivity contribution in [2.45, 2.75) is 19.3 Å². The minimum absolute atomic E-state index is 0.0256. The van der Waals surface area contributed by atoms with Crippen LogP contribution in [0, 0.1) is 5.92 Å². The van der Waals surface area contributed by atoms with Crippen LogP contribution < -0.4 is 17.1 Å². The van der Waals surface area contributed by atoms with Crippen molar-refractivity contribution in [1.29, 1.82) is 0 Å². The molecule has 0 radical (unpaired) electrons. The number of hydrazone groups is 1. The normalized spacial score (nSPS) is 27.4. The van der Waals surface area contributed by atoms with Crippen LogP contribution >= 0.6 is 0 Å². The van der Waals surface area contributed by atoms with Gasteiger partial charge < -0.3 is 5.84 Å². The number of nitrogens with one attached hydrogen (secondary N) is 1. The van der Waals surface area contributed by atoms with E-state index in [0.29, 0.717) is 6.42 Å². The smallest absolute Gasteiger partial charge is 0.237 e. The summed E-state index contributed by atoms with van der Waals surface area (Å²) >= 11 is 0. The van der Waals surface area contributed by atoms with Crippen molar-refractivity contribution in [3.8, 4) is 0 Å². The summed E-state index contributed by atoms with van der Waals surface area (Å²) in [4.78, 5) is 10.9. The molecular formula is C6H12N4O. The van der Waals surface area contributed by atoms with Crippen LogP contribution in [-0.4, -0.2) is 11.6 Å². The number of nitrogens with two attached hydrogens (primary N) is 2. The Labute approximate surface area is 64.8 Å². The van der Waals surface area contributed by atoms with Crippen LogP contribution in [0.2, 0.25) is 0 Å². The number of amides is 1. The van der Waals surface area contributed by atoms with Gasteiger partial charge in [0.25, 0.3) is 0 Å². The Balaban J connectivity index is 2.48. The molecule has 1 fully saturated rings. The molecule has 0 aliphatic heterocycles. The highest BCUT2D eigenvalue weighted by Crippen LogP contribution is 2.22. The van der Waals surface area contributed by atoms with Crippen LogP contribution in [0.1, 0.15) is 19.3 Å². The molecule has 5 nitrogen and oxygen atoms in total. The van der Waals surface area contributed by atoms with E-state index >= 15 is 0 Å². The molecule has 0 aromatic carbocycles. The molecule has 5 heteroatoms. The highest BCUT2D eigenvalue weighted by Gasteiger charge is 2.26. The van der Waals surface area contributed by atoms with Gasteiger partial charge in [-0.05, 0) is 19.3 Å². The summed E-state index contributed by atoms with van der Waals surface area (Å²) < 4.78 is 0. The quantitative estimate of drug-likeness (QED) is 0.260. The van der Waals surface area contributed by atoms with Gasteiger partial charge in [0.05, 0.1) is 0 Å². The number of hydrogen-bond donors (Lipinski definition) is 3. The lowest BCUT2D eigenvalue weighted by atomic mass is 10.1. The van der Waals surface area contributed by atoms with Crippen molar-refractivity contribution in [2.75, 3.05) is 0 Å². The zero-order valence-electron chi connectivity index (χ0n) is 6.21. The molecular weight excluding hydrogens is 144 g/mol. The third-order valence-electron chi connectivity index (χ3n) is 1.96. The average Bonchev–Trinajstić information content (AvgIpc) is 2.50. The number of rotatable bonds is 1. The minimum Gasteiger partial charge on any atom is -0.323 e. The summed E-state index contributed by atoms with van der Waals surface area (Å²) in [7, 11) is 0. The summed E-state index contributed by atoms with van der Waals surface area (Å²) in [5.74, 6) is 9.88. The van der Waals surface area contributed by atoms with Gasteiger partial charge in [0, 0.05) is 11.6 Å². The van der Waals surface area contributed by atoms with Crippen molar-refractivity contribution < 1.29 is 4.79 Å². The molecule has 0 spiro atoms. The van der Waals surface area contributed by atoms with Gasteiger partial charge in [-0.25, -0.2) is 5.84 Å². The summed E-state index contributed by atoms with van der Waals surface area (Å²) in [6, 6.07) is 0. The molecule has 1 rings (SSSR count). The molecule has 62 valence electrons. The molecule has 0 aromatic heterocycles. The number of hydrogen-bond acceptors (Lipinski definition) is 4. The molecule has 1 aliphatic rings. The van der Waals surface area contributed by atoms with Crippen LogP contribution in [0.4, 0.5) is 0 Å². The fraction of sp³-hybridized carbons (Fsp3) is 0.667. The van der Waals surface area contributed by atoms with E-state index in [0.717, 1.165) is 18.6 Å². The van der Waals surface area contributed by atoms with Crippen LogP contribution in [0.5, 0.6) is 0 Å². The van der Waals surface area contributed by atoms with Crippen LogP contribution in [0.25, 0.3) is 0 Å².